The highest BCUT2D eigenvalue weighted by molar-refractivity contribution is 7.91. The molecule has 0 saturated heterocycles. The van der Waals surface area contributed by atoms with Gasteiger partial charge in [-0.3, -0.25) is 29.5 Å². The van der Waals surface area contributed by atoms with Gasteiger partial charge < -0.3 is 11.5 Å². The van der Waals surface area contributed by atoms with Gasteiger partial charge in [-0.05, 0) is 66.3 Å². The molecule has 0 amide bonds. The predicted octanol–water partition coefficient (Wildman–Crippen LogP) is 3.57. The number of nitrogens with two attached hydrogens (primary N) is 2. The molecule has 0 radical (unpaired) electrons. The number of nitrogens with zero attached hydrogens (tertiary/aromatic N) is 4. The molecule has 5 rings (SSSR count). The lowest BCUT2D eigenvalue weighted by Crippen LogP contribution is -2.28. The van der Waals surface area contributed by atoms with E-state index in [2.05, 4.69) is 31.3 Å². The van der Waals surface area contributed by atoms with Gasteiger partial charge in [0.05, 0.1) is 34.0 Å². The molecule has 0 bridgehead atoms. The van der Waals surface area contributed by atoms with Crippen molar-refractivity contribution in [1.29, 1.82) is 0 Å². The summed E-state index contributed by atoms with van der Waals surface area (Å²) in [6.45, 7) is 0. The number of fused-ring (bicyclic) bond motifs is 1. The number of para-hydroxylation sites is 1. The van der Waals surface area contributed by atoms with E-state index in [1.807, 2.05) is 0 Å². The number of hydrogen-bond acceptors (Lipinski definition) is 14. The van der Waals surface area contributed by atoms with Crippen molar-refractivity contribution >= 4 is 77.7 Å². The first-order valence-corrected chi connectivity index (χ1v) is 15.7. The Morgan fingerprint density at radius 3 is 2.02 bits per heavy atom. The normalized spacial score (nSPS) is 16.8. The average molecular weight is 663 g/mol. The second kappa shape index (κ2) is 12.3. The number of hydrogen-bond donors (Lipinski definition) is 6. The van der Waals surface area contributed by atoms with Gasteiger partial charge in [0.2, 0.25) is 5.78 Å². The third kappa shape index (κ3) is 6.79. The van der Waals surface area contributed by atoms with E-state index in [1.54, 1.807) is 42.5 Å². The zero-order valence-electron chi connectivity index (χ0n) is 23.2. The lowest BCUT2D eigenvalue weighted by atomic mass is 9.92. The minimum Gasteiger partial charge on any atom is -0.397 e. The van der Waals surface area contributed by atoms with Crippen LogP contribution in [0.25, 0.3) is 6.08 Å². The molecule has 2 aliphatic carbocycles. The van der Waals surface area contributed by atoms with Crippen LogP contribution in [0.4, 0.5) is 28.4 Å². The van der Waals surface area contributed by atoms with Crippen LogP contribution in [0.3, 0.4) is 0 Å². The van der Waals surface area contributed by atoms with Crippen molar-refractivity contribution in [1.82, 2.24) is 0 Å². The predicted molar refractivity (Wildman–Crippen MR) is 170 cm³/mol. The van der Waals surface area contributed by atoms with E-state index in [0.29, 0.717) is 17.1 Å². The van der Waals surface area contributed by atoms with Gasteiger partial charge in [-0.2, -0.15) is 32.2 Å². The Morgan fingerprint density at radius 2 is 1.39 bits per heavy atom. The number of rotatable bonds is 8. The molecule has 2 aliphatic rings. The number of carbonyl (C=O) groups excluding carboxylic acids is 2. The number of benzene rings is 3. The zero-order valence-corrected chi connectivity index (χ0v) is 24.8. The van der Waals surface area contributed by atoms with E-state index in [4.69, 9.17) is 11.5 Å². The summed E-state index contributed by atoms with van der Waals surface area (Å²) < 4.78 is 68.8. The highest BCUT2D eigenvalue weighted by Gasteiger charge is 2.37. The number of Topliss-reactive ketones (excluding diaryl/α,β-unsaturated/α-hetero) is 1. The van der Waals surface area contributed by atoms with E-state index in [-0.39, 0.29) is 22.7 Å². The first-order valence-electron chi connectivity index (χ1n) is 12.8. The number of hydrazone groups is 2. The van der Waals surface area contributed by atoms with E-state index in [9.17, 15) is 35.5 Å². The molecule has 0 aromatic heterocycles. The highest BCUT2D eigenvalue weighted by atomic mass is 32.2. The Bertz CT molecular complexity index is 2190. The standard InChI is InChI=1S/C28H22N8O8S2/c29-20-14-19(37)10-11-21(20)34-31-17-6-8-18(9-7-17)33-35-26-22(45(39,40)41)12-15-13-23(46(42,43)44)27(28(38)24(15)25(26)30)36-32-16-4-2-1-3-5-16/h1-14,31-32H,29-30H2,(H,39,40,41)(H,42,43,44). The molecule has 0 unspecified atom stereocenters. The number of azo groups is 1. The summed E-state index contributed by atoms with van der Waals surface area (Å²) in [6.07, 6.45) is 4.77. The Kier molecular flexibility index (Phi) is 8.44. The van der Waals surface area contributed by atoms with Crippen molar-refractivity contribution in [3.05, 3.63) is 101 Å². The Labute approximate surface area is 261 Å². The van der Waals surface area contributed by atoms with Crippen LogP contribution in [0.5, 0.6) is 0 Å². The van der Waals surface area contributed by atoms with Crippen molar-refractivity contribution in [2.75, 3.05) is 16.6 Å². The average Bonchev–Trinajstić information content (AvgIpc) is 2.99. The maximum atomic E-state index is 13.6. The van der Waals surface area contributed by atoms with Crippen molar-refractivity contribution in [2.24, 2.45) is 26.2 Å². The molecule has 3 aromatic rings. The van der Waals surface area contributed by atoms with Crippen LogP contribution in [-0.2, 0) is 25.0 Å². The third-order valence-corrected chi connectivity index (χ3v) is 8.09. The molecule has 16 nitrogen and oxygen atoms in total. The maximum absolute atomic E-state index is 13.6. The van der Waals surface area contributed by atoms with E-state index in [0.717, 1.165) is 12.1 Å². The quantitative estimate of drug-likeness (QED) is 0.0664. The summed E-state index contributed by atoms with van der Waals surface area (Å²) in [5.74, 6) is -1.35. The number of nitrogen functional groups attached to an aromatic ring is 1. The fraction of sp³-hybridized carbons (Fsp3) is 0. The number of nitrogens with one attached hydrogen (secondary N) is 2. The van der Waals surface area contributed by atoms with Gasteiger partial charge >= 0.3 is 0 Å². The monoisotopic (exact) mass is 662 g/mol. The van der Waals surface area contributed by atoms with E-state index >= 15 is 0 Å². The van der Waals surface area contributed by atoms with Crippen LogP contribution in [0.2, 0.25) is 0 Å². The van der Waals surface area contributed by atoms with Crippen molar-refractivity contribution in [3.63, 3.8) is 0 Å². The largest absolute Gasteiger partial charge is 0.397 e. The van der Waals surface area contributed by atoms with Crippen LogP contribution < -0.4 is 22.3 Å². The maximum Gasteiger partial charge on any atom is 0.296 e. The molecule has 3 aromatic carbocycles. The van der Waals surface area contributed by atoms with Gasteiger partial charge in [0.1, 0.15) is 21.2 Å². The van der Waals surface area contributed by atoms with Crippen molar-refractivity contribution in [2.45, 2.75) is 4.90 Å². The first kappa shape index (κ1) is 31.6. The lowest BCUT2D eigenvalue weighted by Gasteiger charge is -2.20. The molecule has 8 N–H and O–H groups in total. The fourth-order valence-corrected chi connectivity index (χ4v) is 5.53. The summed E-state index contributed by atoms with van der Waals surface area (Å²) in [5, 5.41) is 15.8. The Hall–Kier alpha value is -5.82. The lowest BCUT2D eigenvalue weighted by molar-refractivity contribution is -0.110. The fourth-order valence-electron chi connectivity index (χ4n) is 4.20. The molecule has 0 aliphatic heterocycles. The molecule has 0 spiro atoms. The minimum atomic E-state index is -5.06. The number of ketones is 2. The summed E-state index contributed by atoms with van der Waals surface area (Å²) >= 11 is 0. The first-order chi connectivity index (χ1) is 21.7. The molecule has 0 fully saturated rings. The summed E-state index contributed by atoms with van der Waals surface area (Å²) in [4.78, 5) is 23.1. The van der Waals surface area contributed by atoms with Crippen LogP contribution in [0.1, 0.15) is 15.9 Å². The number of carbonyl (C=O) groups is 2. The van der Waals surface area contributed by atoms with Gasteiger partial charge in [-0.15, -0.1) is 5.11 Å². The summed E-state index contributed by atoms with van der Waals surface area (Å²) in [6, 6.07) is 15.0. The molecule has 0 atom stereocenters. The molecule has 0 heterocycles. The van der Waals surface area contributed by atoms with Crippen LogP contribution >= 0.6 is 0 Å². The zero-order chi connectivity index (χ0) is 33.2. The molecule has 234 valence electrons. The highest BCUT2D eigenvalue weighted by Crippen LogP contribution is 2.40. The van der Waals surface area contributed by atoms with Crippen LogP contribution in [0.15, 0.2) is 115 Å². The van der Waals surface area contributed by atoms with Gasteiger partial charge in [0, 0.05) is 6.08 Å². The van der Waals surface area contributed by atoms with Gasteiger partial charge in [0.25, 0.3) is 20.2 Å². The van der Waals surface area contributed by atoms with Crippen molar-refractivity contribution in [3.8, 4) is 0 Å². The molecular weight excluding hydrogens is 640 g/mol. The molecule has 0 saturated carbocycles. The molecule has 18 heteroatoms. The topological polar surface area (TPSA) is 268 Å². The number of anilines is 3. The smallest absolute Gasteiger partial charge is 0.296 e. The summed E-state index contributed by atoms with van der Waals surface area (Å²) in [7, 11) is -10.1. The van der Waals surface area contributed by atoms with Gasteiger partial charge in [-0.1, -0.05) is 18.2 Å². The van der Waals surface area contributed by atoms with Gasteiger partial charge in [-0.25, -0.2) is 0 Å². The van der Waals surface area contributed by atoms with Crippen LogP contribution in [0, 0.1) is 0 Å². The van der Waals surface area contributed by atoms with E-state index < -0.39 is 58.5 Å². The number of allylic oxidation sites excluding steroid dienone is 4. The van der Waals surface area contributed by atoms with Gasteiger partial charge in [0.15, 0.2) is 11.5 Å². The third-order valence-electron chi connectivity index (χ3n) is 6.36. The van der Waals surface area contributed by atoms with Crippen molar-refractivity contribution < 1.29 is 35.5 Å². The second-order valence-electron chi connectivity index (χ2n) is 9.52. The Balaban J connectivity index is 1.51. The summed E-state index contributed by atoms with van der Waals surface area (Å²) in [5.41, 5.74) is 16.2. The van der Waals surface area contributed by atoms with E-state index in [1.165, 1.54) is 30.4 Å². The van der Waals surface area contributed by atoms with Crippen LogP contribution in [-0.4, -0.2) is 48.9 Å². The molecular formula is C28H22N8O8S2. The minimum absolute atomic E-state index is 0.178. The Morgan fingerprint density at radius 1 is 0.739 bits per heavy atom. The SMILES string of the molecule is NC1=CC(=O)C=CC1=NNc1ccc(N=Nc2c(S(=O)(=O)O)cc3c(c2N)C(=O)C(=NNc2ccccc2)C(S(=O)(=O)O)=C3)cc1. The second-order valence-corrected chi connectivity index (χ2v) is 12.3. The molecule has 46 heavy (non-hydrogen) atoms.